The molecule has 0 radical (unpaired) electrons. The van der Waals surface area contributed by atoms with E-state index in [0.29, 0.717) is 22.4 Å². The number of carbonyl (C=O) groups excluding carboxylic acids is 2. The van der Waals surface area contributed by atoms with Crippen molar-refractivity contribution in [3.8, 4) is 5.69 Å². The largest absolute Gasteiger partial charge is 0.349 e. The third kappa shape index (κ3) is 6.65. The monoisotopic (exact) mass is 452 g/mol. The van der Waals surface area contributed by atoms with Gasteiger partial charge in [-0.15, -0.1) is 5.10 Å². The van der Waals surface area contributed by atoms with Gasteiger partial charge in [-0.05, 0) is 59.0 Å². The highest BCUT2D eigenvalue weighted by Gasteiger charge is 2.14. The molecule has 2 aromatic carbocycles. The number of aromatic nitrogens is 4. The van der Waals surface area contributed by atoms with Crippen LogP contribution < -0.4 is 10.6 Å². The van der Waals surface area contributed by atoms with E-state index in [0.717, 1.165) is 12.0 Å². The lowest BCUT2D eigenvalue weighted by Crippen LogP contribution is -2.28. The van der Waals surface area contributed by atoms with Crippen LogP contribution >= 0.6 is 11.8 Å². The third-order valence-electron chi connectivity index (χ3n) is 4.69. The Morgan fingerprint density at radius 3 is 2.53 bits per heavy atom. The Labute approximate surface area is 192 Å². The van der Waals surface area contributed by atoms with Crippen LogP contribution in [0.5, 0.6) is 0 Å². The second kappa shape index (κ2) is 10.9. The Morgan fingerprint density at radius 1 is 1.09 bits per heavy atom. The Kier molecular flexibility index (Phi) is 7.99. The minimum absolute atomic E-state index is 0.0958. The molecule has 3 rings (SSSR count). The van der Waals surface area contributed by atoms with Gasteiger partial charge in [0, 0.05) is 12.6 Å². The molecule has 2 N–H and O–H groups in total. The number of rotatable bonds is 9. The van der Waals surface area contributed by atoms with Gasteiger partial charge in [0.05, 0.1) is 17.5 Å². The lowest BCUT2D eigenvalue weighted by Gasteiger charge is -2.15. The molecule has 0 aliphatic rings. The highest BCUT2D eigenvalue weighted by Crippen LogP contribution is 2.21. The molecule has 1 unspecified atom stereocenters. The minimum atomic E-state index is -0.159. The molecule has 0 aliphatic heterocycles. The average Bonchev–Trinajstić information content (AvgIpc) is 3.21. The fourth-order valence-corrected chi connectivity index (χ4v) is 3.96. The van der Waals surface area contributed by atoms with Gasteiger partial charge in [0.1, 0.15) is 0 Å². The van der Waals surface area contributed by atoms with Crippen LogP contribution in [0, 0.1) is 5.92 Å². The van der Waals surface area contributed by atoms with Crippen molar-refractivity contribution in [1.29, 1.82) is 0 Å². The van der Waals surface area contributed by atoms with E-state index in [9.17, 15) is 9.59 Å². The van der Waals surface area contributed by atoms with Gasteiger partial charge in [0.15, 0.2) is 0 Å². The van der Waals surface area contributed by atoms with Crippen molar-refractivity contribution in [2.45, 2.75) is 45.3 Å². The Morgan fingerprint density at radius 2 is 1.84 bits per heavy atom. The molecular weight excluding hydrogens is 424 g/mol. The lowest BCUT2D eigenvalue weighted by atomic mass is 10.00. The maximum atomic E-state index is 12.5. The summed E-state index contributed by atoms with van der Waals surface area (Å²) in [6, 6.07) is 15.5. The first-order valence-corrected chi connectivity index (χ1v) is 11.5. The highest BCUT2D eigenvalue weighted by molar-refractivity contribution is 7.99. The van der Waals surface area contributed by atoms with Gasteiger partial charge < -0.3 is 10.6 Å². The van der Waals surface area contributed by atoms with Gasteiger partial charge in [0.2, 0.25) is 17.0 Å². The zero-order valence-electron chi connectivity index (χ0n) is 18.7. The summed E-state index contributed by atoms with van der Waals surface area (Å²) in [6.45, 7) is 7.82. The number of nitrogens with zero attached hydrogens (tertiary/aromatic N) is 4. The number of anilines is 1. The van der Waals surface area contributed by atoms with E-state index in [1.165, 1.54) is 24.2 Å². The smallest absolute Gasteiger partial charge is 0.230 e. The Hall–Kier alpha value is -3.20. The van der Waals surface area contributed by atoms with Crippen molar-refractivity contribution in [2.24, 2.45) is 5.92 Å². The molecule has 0 saturated heterocycles. The van der Waals surface area contributed by atoms with Crippen molar-refractivity contribution in [3.05, 3.63) is 59.7 Å². The second-order valence-corrected chi connectivity index (χ2v) is 8.96. The van der Waals surface area contributed by atoms with Crippen LogP contribution in [-0.4, -0.2) is 37.8 Å². The first kappa shape index (κ1) is 23.5. The molecular formula is C23H28N6O2S. The molecule has 0 aliphatic carbocycles. The first-order valence-electron chi connectivity index (χ1n) is 10.5. The van der Waals surface area contributed by atoms with Crippen LogP contribution in [0.4, 0.5) is 5.69 Å². The number of amides is 2. The second-order valence-electron chi connectivity index (χ2n) is 8.02. The van der Waals surface area contributed by atoms with Crippen LogP contribution in [0.25, 0.3) is 5.69 Å². The standard InChI is InChI=1S/C23H28N6O2S/c1-15(2)12-18-8-10-19(11-9-18)16(3)24-22(31)14-32-23-26-27-28-29(23)21-7-5-6-20(13-21)25-17(4)30/h5-11,13,15-16H,12,14H2,1-4H3,(H,24,31)(H,25,30). The molecule has 0 spiro atoms. The normalized spacial score (nSPS) is 11.9. The fraction of sp³-hybridized carbons (Fsp3) is 0.348. The Bertz CT molecular complexity index is 1060. The summed E-state index contributed by atoms with van der Waals surface area (Å²) >= 11 is 1.25. The summed E-state index contributed by atoms with van der Waals surface area (Å²) in [6.07, 6.45) is 1.04. The van der Waals surface area contributed by atoms with E-state index in [2.05, 4.69) is 64.3 Å². The summed E-state index contributed by atoms with van der Waals surface area (Å²) in [7, 11) is 0. The molecule has 32 heavy (non-hydrogen) atoms. The summed E-state index contributed by atoms with van der Waals surface area (Å²) in [5.74, 6) is 0.533. The molecule has 0 fully saturated rings. The van der Waals surface area contributed by atoms with Crippen molar-refractivity contribution >= 4 is 29.3 Å². The number of hydrogen-bond donors (Lipinski definition) is 2. The van der Waals surface area contributed by atoms with Gasteiger partial charge in [-0.2, -0.15) is 4.68 Å². The van der Waals surface area contributed by atoms with Crippen molar-refractivity contribution in [3.63, 3.8) is 0 Å². The van der Waals surface area contributed by atoms with Gasteiger partial charge in [-0.25, -0.2) is 0 Å². The van der Waals surface area contributed by atoms with E-state index in [4.69, 9.17) is 0 Å². The fourth-order valence-electron chi connectivity index (χ4n) is 3.26. The Balaban J connectivity index is 1.58. The molecule has 2 amide bonds. The maximum absolute atomic E-state index is 12.5. The third-order valence-corrected chi connectivity index (χ3v) is 5.60. The van der Waals surface area contributed by atoms with Crippen LogP contribution in [0.3, 0.4) is 0 Å². The lowest BCUT2D eigenvalue weighted by molar-refractivity contribution is -0.119. The zero-order valence-corrected chi connectivity index (χ0v) is 19.5. The van der Waals surface area contributed by atoms with Gasteiger partial charge in [-0.3, -0.25) is 9.59 Å². The molecule has 0 saturated carbocycles. The average molecular weight is 453 g/mol. The maximum Gasteiger partial charge on any atom is 0.230 e. The molecule has 9 heteroatoms. The summed E-state index contributed by atoms with van der Waals surface area (Å²) in [5, 5.41) is 18.0. The predicted molar refractivity (Wildman–Crippen MR) is 126 cm³/mol. The van der Waals surface area contributed by atoms with E-state index in [1.807, 2.05) is 13.0 Å². The van der Waals surface area contributed by atoms with E-state index < -0.39 is 0 Å². The van der Waals surface area contributed by atoms with Crippen LogP contribution in [0.2, 0.25) is 0 Å². The summed E-state index contributed by atoms with van der Waals surface area (Å²) in [5.41, 5.74) is 3.70. The van der Waals surface area contributed by atoms with Gasteiger partial charge in [-0.1, -0.05) is 55.9 Å². The number of carbonyl (C=O) groups is 2. The van der Waals surface area contributed by atoms with Crippen molar-refractivity contribution in [2.75, 3.05) is 11.1 Å². The SMILES string of the molecule is CC(=O)Nc1cccc(-n2nnnc2SCC(=O)NC(C)c2ccc(CC(C)C)cc2)c1. The quantitative estimate of drug-likeness (QED) is 0.479. The van der Waals surface area contributed by atoms with Gasteiger partial charge >= 0.3 is 0 Å². The van der Waals surface area contributed by atoms with E-state index in [-0.39, 0.29) is 23.6 Å². The molecule has 168 valence electrons. The van der Waals surface area contributed by atoms with Gasteiger partial charge in [0.25, 0.3) is 0 Å². The van der Waals surface area contributed by atoms with Crippen molar-refractivity contribution < 1.29 is 9.59 Å². The molecule has 3 aromatic rings. The summed E-state index contributed by atoms with van der Waals surface area (Å²) < 4.78 is 1.54. The highest BCUT2D eigenvalue weighted by atomic mass is 32.2. The molecule has 1 atom stereocenters. The molecule has 1 heterocycles. The number of benzene rings is 2. The minimum Gasteiger partial charge on any atom is -0.349 e. The number of hydrogen-bond acceptors (Lipinski definition) is 6. The van der Waals surface area contributed by atoms with E-state index in [1.54, 1.807) is 22.9 Å². The van der Waals surface area contributed by atoms with E-state index >= 15 is 0 Å². The zero-order chi connectivity index (χ0) is 23.1. The predicted octanol–water partition coefficient (Wildman–Crippen LogP) is 3.79. The number of nitrogens with one attached hydrogen (secondary N) is 2. The molecule has 8 nitrogen and oxygen atoms in total. The van der Waals surface area contributed by atoms with Crippen molar-refractivity contribution in [1.82, 2.24) is 25.5 Å². The molecule has 0 bridgehead atoms. The van der Waals surface area contributed by atoms with Crippen LogP contribution in [0.15, 0.2) is 53.7 Å². The number of thioether (sulfide) groups is 1. The van der Waals surface area contributed by atoms with Crippen LogP contribution in [-0.2, 0) is 16.0 Å². The topological polar surface area (TPSA) is 102 Å². The first-order chi connectivity index (χ1) is 15.3. The number of tetrazole rings is 1. The van der Waals surface area contributed by atoms with Crippen LogP contribution in [0.1, 0.15) is 44.9 Å². The summed E-state index contributed by atoms with van der Waals surface area (Å²) in [4.78, 5) is 23.8. The molecule has 1 aromatic heterocycles.